The van der Waals surface area contributed by atoms with Crippen molar-refractivity contribution in [3.05, 3.63) is 192 Å². The lowest BCUT2D eigenvalue weighted by atomic mass is 9.66. The number of aromatic nitrogens is 3. The fourth-order valence-corrected chi connectivity index (χ4v) is 9.71. The van der Waals surface area contributed by atoms with Crippen molar-refractivity contribution in [2.45, 2.75) is 12.0 Å². The topological polar surface area (TPSA) is 39.9 Å². The fraction of sp³-hybridized carbons (Fsp3) is 0.0435. The summed E-state index contributed by atoms with van der Waals surface area (Å²) in [4.78, 5) is 5.22. The third-order valence-electron chi connectivity index (χ3n) is 10.6. The molecule has 0 atom stereocenters. The summed E-state index contributed by atoms with van der Waals surface area (Å²) in [6.45, 7) is 0.631. The first-order valence-corrected chi connectivity index (χ1v) is 18.1. The average Bonchev–Trinajstić information content (AvgIpc) is 3.87. The van der Waals surface area contributed by atoms with Gasteiger partial charge in [-0.15, -0.1) is 11.3 Å². The Balaban J connectivity index is 1.16. The van der Waals surface area contributed by atoms with E-state index in [9.17, 15) is 0 Å². The maximum Gasteiger partial charge on any atom is 0.183 e. The molecule has 51 heavy (non-hydrogen) atoms. The van der Waals surface area contributed by atoms with Gasteiger partial charge in [0.1, 0.15) is 11.5 Å². The molecule has 5 heteroatoms. The lowest BCUT2D eigenvalue weighted by Gasteiger charge is -2.39. The van der Waals surface area contributed by atoms with E-state index >= 15 is 0 Å². The highest BCUT2D eigenvalue weighted by molar-refractivity contribution is 7.26. The van der Waals surface area contributed by atoms with Gasteiger partial charge in [0.05, 0.1) is 12.0 Å². The van der Waals surface area contributed by atoms with Gasteiger partial charge in [-0.3, -0.25) is 0 Å². The lowest BCUT2D eigenvalue weighted by Crippen LogP contribution is -2.32. The maximum atomic E-state index is 7.04. The molecule has 240 valence electrons. The number of para-hydroxylation sites is 1. The molecule has 1 aliphatic carbocycles. The van der Waals surface area contributed by atoms with Crippen LogP contribution in [0.25, 0.3) is 54.1 Å². The molecule has 4 nitrogen and oxygen atoms in total. The molecular weight excluding hydrogens is 643 g/mol. The summed E-state index contributed by atoms with van der Waals surface area (Å²) in [7, 11) is 0. The van der Waals surface area contributed by atoms with Crippen molar-refractivity contribution < 1.29 is 4.74 Å². The van der Waals surface area contributed by atoms with E-state index in [4.69, 9.17) is 14.8 Å². The Bertz CT molecular complexity index is 2770. The summed E-state index contributed by atoms with van der Waals surface area (Å²) in [5.74, 6) is 3.39. The van der Waals surface area contributed by atoms with E-state index in [2.05, 4.69) is 152 Å². The number of benzene rings is 7. The molecule has 0 saturated heterocycles. The second-order valence-corrected chi connectivity index (χ2v) is 14.4. The first-order valence-electron chi connectivity index (χ1n) is 17.3. The van der Waals surface area contributed by atoms with Gasteiger partial charge in [0.25, 0.3) is 0 Å². The SMILES string of the molecule is c1ccc(Cn2nc(-c3cccc4c3sc3ccc5c(c34)Oc3ccccc3C53c4ccccc4-c4ccccc43)nc2-c2ccccc2)cc1. The number of nitrogens with zero attached hydrogens (tertiary/aromatic N) is 3. The van der Waals surface area contributed by atoms with E-state index < -0.39 is 5.41 Å². The Morgan fingerprint density at radius 3 is 1.98 bits per heavy atom. The van der Waals surface area contributed by atoms with Crippen molar-refractivity contribution in [3.8, 4) is 45.4 Å². The third-order valence-corrected chi connectivity index (χ3v) is 11.8. The third kappa shape index (κ3) is 4.01. The second kappa shape index (κ2) is 10.8. The molecular formula is C46H29N3OS. The maximum absolute atomic E-state index is 7.04. The first kappa shape index (κ1) is 28.5. The van der Waals surface area contributed by atoms with Gasteiger partial charge >= 0.3 is 0 Å². The molecule has 0 bridgehead atoms. The average molecular weight is 672 g/mol. The van der Waals surface area contributed by atoms with E-state index in [1.165, 1.54) is 43.6 Å². The normalized spacial score (nSPS) is 13.5. The van der Waals surface area contributed by atoms with Gasteiger partial charge in [0, 0.05) is 42.4 Å². The van der Waals surface area contributed by atoms with Gasteiger partial charge < -0.3 is 4.74 Å². The summed E-state index contributed by atoms with van der Waals surface area (Å²) in [5, 5.41) is 7.47. The summed E-state index contributed by atoms with van der Waals surface area (Å²) < 4.78 is 11.4. The molecule has 0 fully saturated rings. The van der Waals surface area contributed by atoms with Crippen LogP contribution in [0.15, 0.2) is 164 Å². The molecule has 11 rings (SSSR count). The Morgan fingerprint density at radius 1 is 0.569 bits per heavy atom. The van der Waals surface area contributed by atoms with Crippen molar-refractivity contribution in [1.29, 1.82) is 0 Å². The summed E-state index contributed by atoms with van der Waals surface area (Å²) >= 11 is 1.79. The summed E-state index contributed by atoms with van der Waals surface area (Å²) in [6.07, 6.45) is 0. The van der Waals surface area contributed by atoms with Gasteiger partial charge in [0.15, 0.2) is 11.6 Å². The minimum absolute atomic E-state index is 0.500. The minimum atomic E-state index is -0.500. The molecule has 0 unspecified atom stereocenters. The zero-order valence-corrected chi connectivity index (χ0v) is 28.3. The minimum Gasteiger partial charge on any atom is -0.456 e. The van der Waals surface area contributed by atoms with Crippen LogP contribution in [0.1, 0.15) is 27.8 Å². The predicted octanol–water partition coefficient (Wildman–Crippen LogP) is 11.5. The molecule has 0 N–H and O–H groups in total. The first-order chi connectivity index (χ1) is 25.3. The van der Waals surface area contributed by atoms with Crippen molar-refractivity contribution in [2.75, 3.05) is 0 Å². The van der Waals surface area contributed by atoms with Crippen LogP contribution in [-0.2, 0) is 12.0 Å². The number of fused-ring (bicyclic) bond motifs is 13. The lowest BCUT2D eigenvalue weighted by molar-refractivity contribution is 0.442. The Kier molecular flexibility index (Phi) is 6.07. The molecule has 1 spiro atoms. The fourth-order valence-electron chi connectivity index (χ4n) is 8.50. The number of hydrogen-bond donors (Lipinski definition) is 0. The van der Waals surface area contributed by atoms with Crippen molar-refractivity contribution in [2.24, 2.45) is 0 Å². The van der Waals surface area contributed by atoms with Gasteiger partial charge in [-0.05, 0) is 46.0 Å². The molecule has 0 saturated carbocycles. The van der Waals surface area contributed by atoms with Crippen LogP contribution in [0.2, 0.25) is 0 Å². The van der Waals surface area contributed by atoms with Gasteiger partial charge in [-0.25, -0.2) is 9.67 Å². The van der Waals surface area contributed by atoms with Gasteiger partial charge in [0.2, 0.25) is 0 Å². The van der Waals surface area contributed by atoms with Gasteiger partial charge in [-0.2, -0.15) is 5.10 Å². The van der Waals surface area contributed by atoms with Crippen molar-refractivity contribution in [1.82, 2.24) is 14.8 Å². The molecule has 7 aromatic carbocycles. The summed E-state index contributed by atoms with van der Waals surface area (Å²) in [6, 6.07) is 58.3. The van der Waals surface area contributed by atoms with E-state index in [0.717, 1.165) is 49.7 Å². The number of ether oxygens (including phenoxy) is 1. The van der Waals surface area contributed by atoms with E-state index in [-0.39, 0.29) is 0 Å². The highest BCUT2D eigenvalue weighted by Gasteiger charge is 2.51. The molecule has 2 aromatic heterocycles. The smallest absolute Gasteiger partial charge is 0.183 e. The Labute approximate surface area is 298 Å². The quantitative estimate of drug-likeness (QED) is 0.187. The highest BCUT2D eigenvalue weighted by atomic mass is 32.1. The molecule has 3 heterocycles. The second-order valence-electron chi connectivity index (χ2n) is 13.3. The van der Waals surface area contributed by atoms with Crippen LogP contribution in [-0.4, -0.2) is 14.8 Å². The largest absolute Gasteiger partial charge is 0.456 e. The standard InChI is InChI=1S/C46H29N3OS/c1-3-14-29(15-4-1)28-49-45(30-16-5-2-6-17-30)47-44(48-49)34-21-13-20-33-41-40(51-43(33)34)27-26-38-42(41)50-39-25-12-11-24-37(39)46(38)35-22-9-7-18-31(35)32-19-8-10-23-36(32)46/h1-27H,28H2. The molecule has 9 aromatic rings. The molecule has 0 amide bonds. The number of thiophene rings is 1. The van der Waals surface area contributed by atoms with Crippen LogP contribution in [0.3, 0.4) is 0 Å². The monoisotopic (exact) mass is 671 g/mol. The highest BCUT2D eigenvalue weighted by Crippen LogP contribution is 2.63. The van der Waals surface area contributed by atoms with Crippen LogP contribution in [0.5, 0.6) is 11.5 Å². The van der Waals surface area contributed by atoms with Crippen LogP contribution < -0.4 is 4.74 Å². The Hall–Kier alpha value is -6.30. The van der Waals surface area contributed by atoms with Gasteiger partial charge in [-0.1, -0.05) is 146 Å². The molecule has 0 radical (unpaired) electrons. The van der Waals surface area contributed by atoms with Crippen LogP contribution >= 0.6 is 11.3 Å². The zero-order chi connectivity index (χ0) is 33.5. The summed E-state index contributed by atoms with van der Waals surface area (Å²) in [5.41, 5.74) is 10.2. The number of rotatable bonds is 4. The predicted molar refractivity (Wildman–Crippen MR) is 207 cm³/mol. The van der Waals surface area contributed by atoms with Crippen molar-refractivity contribution >= 4 is 31.5 Å². The number of hydrogen-bond acceptors (Lipinski definition) is 4. The van der Waals surface area contributed by atoms with E-state index in [1.807, 2.05) is 16.8 Å². The van der Waals surface area contributed by atoms with Crippen LogP contribution in [0.4, 0.5) is 0 Å². The molecule has 2 aliphatic rings. The molecule has 1 aliphatic heterocycles. The van der Waals surface area contributed by atoms with Crippen molar-refractivity contribution in [3.63, 3.8) is 0 Å². The van der Waals surface area contributed by atoms with E-state index in [1.54, 1.807) is 11.3 Å². The van der Waals surface area contributed by atoms with E-state index in [0.29, 0.717) is 6.54 Å². The Morgan fingerprint density at radius 2 is 1.22 bits per heavy atom. The zero-order valence-electron chi connectivity index (χ0n) is 27.5. The van der Waals surface area contributed by atoms with Crippen LogP contribution in [0, 0.1) is 0 Å².